The van der Waals surface area contributed by atoms with Gasteiger partial charge in [0, 0.05) is 6.07 Å². The van der Waals surface area contributed by atoms with Crippen molar-refractivity contribution in [3.8, 4) is 5.75 Å². The first kappa shape index (κ1) is 17.7. The molecule has 0 radical (unpaired) electrons. The molecule has 1 unspecified atom stereocenters. The van der Waals surface area contributed by atoms with E-state index in [4.69, 9.17) is 28.1 Å². The molecule has 0 bridgehead atoms. The summed E-state index contributed by atoms with van der Waals surface area (Å²) in [5.74, 6) is 0.764. The number of rotatable bonds is 8. The van der Waals surface area contributed by atoms with Crippen molar-refractivity contribution in [1.82, 2.24) is 0 Å². The van der Waals surface area contributed by atoms with Gasteiger partial charge in [0.15, 0.2) is 23.6 Å². The fourth-order valence-electron chi connectivity index (χ4n) is 3.27. The minimum atomic E-state index is -0.602. The summed E-state index contributed by atoms with van der Waals surface area (Å²) in [5, 5.41) is 0. The van der Waals surface area contributed by atoms with E-state index in [9.17, 15) is 0 Å². The van der Waals surface area contributed by atoms with Gasteiger partial charge in [-0.3, -0.25) is 0 Å². The van der Waals surface area contributed by atoms with Crippen molar-refractivity contribution >= 4 is 0 Å². The monoisotopic (exact) mass is 340 g/mol. The Balaban J connectivity index is 1.68. The molecule has 6 heteroatoms. The van der Waals surface area contributed by atoms with E-state index < -0.39 is 5.79 Å². The van der Waals surface area contributed by atoms with Crippen LogP contribution in [0.3, 0.4) is 0 Å². The van der Waals surface area contributed by atoms with Gasteiger partial charge in [-0.15, -0.1) is 0 Å². The summed E-state index contributed by atoms with van der Waals surface area (Å²) in [6, 6.07) is 1.78. The van der Waals surface area contributed by atoms with Gasteiger partial charge in [-0.25, -0.2) is 0 Å². The molecule has 2 aliphatic heterocycles. The lowest BCUT2D eigenvalue weighted by Gasteiger charge is -2.27. The first-order valence-corrected chi connectivity index (χ1v) is 8.83. The summed E-state index contributed by atoms with van der Waals surface area (Å²) in [5.41, 5.74) is 0. The van der Waals surface area contributed by atoms with Crippen LogP contribution in [0, 0.1) is 0 Å². The summed E-state index contributed by atoms with van der Waals surface area (Å²) >= 11 is 0. The Bertz CT molecular complexity index is 529. The standard InChI is InChI=1S/C18H28O6/c1-5-7-8-13-15(21-11-14-12(19-4)9-10-20-14)16-17(22-13)24-18(3,6-2)23-16/h9-10,13,15-17H,5-8,11H2,1-4H3/t13-,15+,16-,17-,18?/m1/s1. The van der Waals surface area contributed by atoms with Crippen molar-refractivity contribution in [3.63, 3.8) is 0 Å². The van der Waals surface area contributed by atoms with E-state index in [1.54, 1.807) is 19.4 Å². The summed E-state index contributed by atoms with van der Waals surface area (Å²) < 4.78 is 35.1. The van der Waals surface area contributed by atoms with Gasteiger partial charge in [0.25, 0.3) is 0 Å². The van der Waals surface area contributed by atoms with Crippen LogP contribution in [0.1, 0.15) is 52.2 Å². The van der Waals surface area contributed by atoms with E-state index in [0.717, 1.165) is 25.7 Å². The van der Waals surface area contributed by atoms with E-state index in [1.165, 1.54) is 0 Å². The van der Waals surface area contributed by atoms with Crippen LogP contribution < -0.4 is 4.74 Å². The zero-order chi connectivity index (χ0) is 17.2. The minimum absolute atomic E-state index is 0.0256. The van der Waals surface area contributed by atoms with E-state index in [0.29, 0.717) is 18.1 Å². The smallest absolute Gasteiger partial charge is 0.190 e. The topological polar surface area (TPSA) is 59.3 Å². The van der Waals surface area contributed by atoms with Crippen LogP contribution in [0.5, 0.6) is 5.75 Å². The number of furan rings is 1. The fraction of sp³-hybridized carbons (Fsp3) is 0.778. The molecule has 24 heavy (non-hydrogen) atoms. The van der Waals surface area contributed by atoms with Gasteiger partial charge in [-0.1, -0.05) is 26.7 Å². The maximum absolute atomic E-state index is 6.15. The van der Waals surface area contributed by atoms with Crippen LogP contribution in [0.15, 0.2) is 16.7 Å². The molecule has 0 amide bonds. The second-order valence-electron chi connectivity index (χ2n) is 6.56. The van der Waals surface area contributed by atoms with Gasteiger partial charge in [0.05, 0.1) is 19.5 Å². The SMILES string of the molecule is CCCC[C@H]1O[C@@H]2OC(C)(CC)O[C@@H]2[C@H]1OCc1occc1OC. The first-order chi connectivity index (χ1) is 11.6. The molecule has 1 aromatic heterocycles. The predicted octanol–water partition coefficient (Wildman–Crippen LogP) is 3.63. The van der Waals surface area contributed by atoms with Crippen LogP contribution in [-0.4, -0.2) is 37.5 Å². The lowest BCUT2D eigenvalue weighted by atomic mass is 10.1. The van der Waals surface area contributed by atoms with Gasteiger partial charge in [0.2, 0.25) is 0 Å². The van der Waals surface area contributed by atoms with Crippen molar-refractivity contribution in [2.75, 3.05) is 7.11 Å². The Morgan fingerprint density at radius 3 is 2.79 bits per heavy atom. The Kier molecular flexibility index (Phi) is 5.49. The largest absolute Gasteiger partial charge is 0.493 e. The molecular weight excluding hydrogens is 312 g/mol. The van der Waals surface area contributed by atoms with Crippen molar-refractivity contribution in [2.45, 2.75) is 83.5 Å². The summed E-state index contributed by atoms with van der Waals surface area (Å²) in [6.45, 7) is 6.48. The normalized spacial score (nSPS) is 35.3. The van der Waals surface area contributed by atoms with E-state index >= 15 is 0 Å². The average molecular weight is 340 g/mol. The lowest BCUT2D eigenvalue weighted by Crippen LogP contribution is -2.37. The molecule has 0 saturated carbocycles. The molecule has 0 aromatic carbocycles. The van der Waals surface area contributed by atoms with Crippen LogP contribution >= 0.6 is 0 Å². The number of unbranched alkanes of at least 4 members (excludes halogenated alkanes) is 1. The highest BCUT2D eigenvalue weighted by atomic mass is 16.8. The molecule has 6 nitrogen and oxygen atoms in total. The average Bonchev–Trinajstić information content (AvgIpc) is 3.24. The number of hydrogen-bond donors (Lipinski definition) is 0. The third-order valence-electron chi connectivity index (χ3n) is 4.83. The molecule has 1 aromatic rings. The highest BCUT2D eigenvalue weighted by Crippen LogP contribution is 2.42. The van der Waals surface area contributed by atoms with Crippen molar-refractivity contribution in [2.24, 2.45) is 0 Å². The molecule has 0 spiro atoms. The first-order valence-electron chi connectivity index (χ1n) is 8.83. The van der Waals surface area contributed by atoms with E-state index in [-0.39, 0.29) is 24.6 Å². The fourth-order valence-corrected chi connectivity index (χ4v) is 3.27. The zero-order valence-corrected chi connectivity index (χ0v) is 14.9. The van der Waals surface area contributed by atoms with E-state index in [2.05, 4.69) is 6.92 Å². The van der Waals surface area contributed by atoms with Gasteiger partial charge >= 0.3 is 0 Å². The van der Waals surface area contributed by atoms with Crippen LogP contribution in [-0.2, 0) is 25.6 Å². The Labute approximate surface area is 143 Å². The number of methoxy groups -OCH3 is 1. The molecule has 2 fully saturated rings. The van der Waals surface area contributed by atoms with Crippen molar-refractivity contribution in [3.05, 3.63) is 18.1 Å². The predicted molar refractivity (Wildman–Crippen MR) is 86.7 cm³/mol. The van der Waals surface area contributed by atoms with Gasteiger partial charge in [-0.05, 0) is 19.8 Å². The maximum Gasteiger partial charge on any atom is 0.190 e. The minimum Gasteiger partial charge on any atom is -0.493 e. The summed E-state index contributed by atoms with van der Waals surface area (Å²) in [4.78, 5) is 0. The third kappa shape index (κ3) is 3.47. The van der Waals surface area contributed by atoms with Crippen LogP contribution in [0.2, 0.25) is 0 Å². The van der Waals surface area contributed by atoms with Gasteiger partial charge < -0.3 is 28.1 Å². The molecule has 0 N–H and O–H groups in total. The summed E-state index contributed by atoms with van der Waals surface area (Å²) in [6.07, 6.45) is 4.72. The molecule has 2 saturated heterocycles. The Morgan fingerprint density at radius 1 is 1.25 bits per heavy atom. The Morgan fingerprint density at radius 2 is 2.08 bits per heavy atom. The van der Waals surface area contributed by atoms with Crippen LogP contribution in [0.4, 0.5) is 0 Å². The molecular formula is C18H28O6. The molecule has 5 atom stereocenters. The highest BCUT2D eigenvalue weighted by Gasteiger charge is 2.56. The second kappa shape index (κ2) is 7.44. The summed E-state index contributed by atoms with van der Waals surface area (Å²) in [7, 11) is 1.62. The molecule has 2 aliphatic rings. The number of fused-ring (bicyclic) bond motifs is 1. The van der Waals surface area contributed by atoms with Gasteiger partial charge in [0.1, 0.15) is 18.8 Å². The van der Waals surface area contributed by atoms with Crippen molar-refractivity contribution in [1.29, 1.82) is 0 Å². The zero-order valence-electron chi connectivity index (χ0n) is 14.9. The quantitative estimate of drug-likeness (QED) is 0.720. The Hall–Kier alpha value is -1.08. The molecule has 3 heterocycles. The van der Waals surface area contributed by atoms with E-state index in [1.807, 2.05) is 13.8 Å². The third-order valence-corrected chi connectivity index (χ3v) is 4.83. The van der Waals surface area contributed by atoms with Crippen LogP contribution in [0.25, 0.3) is 0 Å². The molecule has 136 valence electrons. The number of hydrogen-bond acceptors (Lipinski definition) is 6. The molecule has 3 rings (SSSR count). The van der Waals surface area contributed by atoms with Crippen molar-refractivity contribution < 1.29 is 28.1 Å². The molecule has 0 aliphatic carbocycles. The highest BCUT2D eigenvalue weighted by molar-refractivity contribution is 5.23. The second-order valence-corrected chi connectivity index (χ2v) is 6.56. The van der Waals surface area contributed by atoms with Gasteiger partial charge in [-0.2, -0.15) is 0 Å². The lowest BCUT2D eigenvalue weighted by molar-refractivity contribution is -0.230. The maximum atomic E-state index is 6.15. The number of ether oxygens (including phenoxy) is 5.